The molecule has 2 aromatic heterocycles. The minimum atomic E-state index is -0.359. The van der Waals surface area contributed by atoms with Crippen molar-refractivity contribution in [3.8, 4) is 11.3 Å². The summed E-state index contributed by atoms with van der Waals surface area (Å²) in [5.41, 5.74) is 1.54. The van der Waals surface area contributed by atoms with Crippen LogP contribution in [0.3, 0.4) is 0 Å². The van der Waals surface area contributed by atoms with E-state index < -0.39 is 0 Å². The molecule has 0 aliphatic heterocycles. The van der Waals surface area contributed by atoms with Gasteiger partial charge in [0.2, 0.25) is 0 Å². The van der Waals surface area contributed by atoms with E-state index in [-0.39, 0.29) is 12.5 Å². The van der Waals surface area contributed by atoms with Crippen LogP contribution in [0.1, 0.15) is 0 Å². The first kappa shape index (κ1) is 10.3. The number of rotatable bonds is 3. The highest BCUT2D eigenvalue weighted by molar-refractivity contribution is 5.69. The minimum absolute atomic E-state index is 0.0593. The number of esters is 1. The Balaban J connectivity index is 2.17. The normalized spacial score (nSPS) is 10.1. The number of carbonyl (C=O) groups excluding carboxylic acids is 1. The number of carbonyl (C=O) groups is 1. The fourth-order valence-electron chi connectivity index (χ4n) is 1.22. The van der Waals surface area contributed by atoms with Gasteiger partial charge in [-0.15, -0.1) is 5.10 Å². The molecule has 16 heavy (non-hydrogen) atoms. The van der Waals surface area contributed by atoms with Gasteiger partial charge < -0.3 is 4.74 Å². The van der Waals surface area contributed by atoms with Crippen LogP contribution in [0.25, 0.3) is 11.3 Å². The molecule has 6 nitrogen and oxygen atoms in total. The van der Waals surface area contributed by atoms with Crippen LogP contribution in [0.5, 0.6) is 0 Å². The highest BCUT2D eigenvalue weighted by Crippen LogP contribution is 2.13. The van der Waals surface area contributed by atoms with Crippen molar-refractivity contribution in [1.82, 2.24) is 20.0 Å². The minimum Gasteiger partial charge on any atom is -0.468 e. The molecule has 2 rings (SSSR count). The van der Waals surface area contributed by atoms with Gasteiger partial charge in [-0.05, 0) is 12.1 Å². The quantitative estimate of drug-likeness (QED) is 0.702. The summed E-state index contributed by atoms with van der Waals surface area (Å²) in [5.74, 6) is -0.359. The van der Waals surface area contributed by atoms with Crippen LogP contribution in [-0.4, -0.2) is 33.1 Å². The van der Waals surface area contributed by atoms with Gasteiger partial charge in [0.05, 0.1) is 13.3 Å². The third-order valence-electron chi connectivity index (χ3n) is 2.01. The molecule has 0 aliphatic carbocycles. The summed E-state index contributed by atoms with van der Waals surface area (Å²) in [5, 5.41) is 7.76. The van der Waals surface area contributed by atoms with Gasteiger partial charge in [-0.2, -0.15) is 0 Å². The zero-order valence-corrected chi connectivity index (χ0v) is 8.70. The standard InChI is InChI=1S/C10H10N4O2/c1-16-10(15)7-14-6-9(12-13-14)8-3-2-4-11-5-8/h2-6H,7H2,1H3. The maximum Gasteiger partial charge on any atom is 0.327 e. The van der Waals surface area contributed by atoms with Gasteiger partial charge in [0, 0.05) is 18.0 Å². The number of pyridine rings is 1. The second-order valence-electron chi connectivity index (χ2n) is 3.12. The molecule has 0 radical (unpaired) electrons. The molecule has 0 amide bonds. The monoisotopic (exact) mass is 218 g/mol. The Morgan fingerprint density at radius 1 is 1.56 bits per heavy atom. The smallest absolute Gasteiger partial charge is 0.327 e. The summed E-state index contributed by atoms with van der Waals surface area (Å²) < 4.78 is 5.95. The van der Waals surface area contributed by atoms with E-state index in [2.05, 4.69) is 20.0 Å². The molecule has 6 heteroatoms. The fraction of sp³-hybridized carbons (Fsp3) is 0.200. The van der Waals surface area contributed by atoms with Crippen LogP contribution in [0.4, 0.5) is 0 Å². The van der Waals surface area contributed by atoms with E-state index in [0.29, 0.717) is 5.69 Å². The van der Waals surface area contributed by atoms with Crippen molar-refractivity contribution < 1.29 is 9.53 Å². The molecule has 82 valence electrons. The average Bonchev–Trinajstić information content (AvgIpc) is 2.78. The van der Waals surface area contributed by atoms with Crippen molar-refractivity contribution in [2.75, 3.05) is 7.11 Å². The maximum absolute atomic E-state index is 11.0. The lowest BCUT2D eigenvalue weighted by Gasteiger charge is -1.96. The van der Waals surface area contributed by atoms with Crippen molar-refractivity contribution in [2.24, 2.45) is 0 Å². The highest BCUT2D eigenvalue weighted by Gasteiger charge is 2.06. The van der Waals surface area contributed by atoms with Gasteiger partial charge in [-0.25, -0.2) is 4.68 Å². The molecule has 2 heterocycles. The first-order chi connectivity index (χ1) is 7.79. The number of hydrogen-bond donors (Lipinski definition) is 0. The molecule has 0 saturated heterocycles. The van der Waals surface area contributed by atoms with Crippen LogP contribution in [-0.2, 0) is 16.1 Å². The molecule has 0 unspecified atom stereocenters. The van der Waals surface area contributed by atoms with Crippen LogP contribution < -0.4 is 0 Å². The summed E-state index contributed by atoms with van der Waals surface area (Å²) in [6, 6.07) is 3.69. The molecule has 2 aromatic rings. The lowest BCUT2D eigenvalue weighted by molar-refractivity contribution is -0.141. The molecule has 0 saturated carbocycles. The Bertz CT molecular complexity index is 481. The first-order valence-corrected chi connectivity index (χ1v) is 4.67. The van der Waals surface area contributed by atoms with Gasteiger partial charge >= 0.3 is 5.97 Å². The van der Waals surface area contributed by atoms with E-state index in [0.717, 1.165) is 5.56 Å². The molecule has 0 bridgehead atoms. The second kappa shape index (κ2) is 4.52. The molecule has 0 atom stereocenters. The highest BCUT2D eigenvalue weighted by atomic mass is 16.5. The Labute approximate surface area is 91.9 Å². The van der Waals surface area contributed by atoms with E-state index in [9.17, 15) is 4.79 Å². The zero-order valence-electron chi connectivity index (χ0n) is 8.70. The Morgan fingerprint density at radius 3 is 3.12 bits per heavy atom. The van der Waals surface area contributed by atoms with E-state index in [4.69, 9.17) is 0 Å². The molecule has 0 N–H and O–H groups in total. The topological polar surface area (TPSA) is 69.9 Å². The summed E-state index contributed by atoms with van der Waals surface area (Å²) in [4.78, 5) is 15.0. The van der Waals surface area contributed by atoms with Crippen molar-refractivity contribution in [2.45, 2.75) is 6.54 Å². The number of methoxy groups -OCH3 is 1. The van der Waals surface area contributed by atoms with E-state index in [1.807, 2.05) is 12.1 Å². The van der Waals surface area contributed by atoms with Gasteiger partial charge in [0.25, 0.3) is 0 Å². The second-order valence-corrected chi connectivity index (χ2v) is 3.12. The molecular weight excluding hydrogens is 208 g/mol. The fourth-order valence-corrected chi connectivity index (χ4v) is 1.22. The lowest BCUT2D eigenvalue weighted by atomic mass is 10.2. The molecular formula is C10H10N4O2. The van der Waals surface area contributed by atoms with Crippen molar-refractivity contribution in [3.63, 3.8) is 0 Å². The van der Waals surface area contributed by atoms with E-state index in [1.54, 1.807) is 18.6 Å². The summed E-state index contributed by atoms with van der Waals surface area (Å²) in [7, 11) is 1.33. The van der Waals surface area contributed by atoms with Crippen molar-refractivity contribution in [3.05, 3.63) is 30.7 Å². The number of ether oxygens (including phenoxy) is 1. The predicted molar refractivity (Wildman–Crippen MR) is 55.3 cm³/mol. The summed E-state index contributed by atoms with van der Waals surface area (Å²) >= 11 is 0. The van der Waals surface area contributed by atoms with E-state index in [1.165, 1.54) is 11.8 Å². The third kappa shape index (κ3) is 2.22. The van der Waals surface area contributed by atoms with Crippen LogP contribution in [0, 0.1) is 0 Å². The van der Waals surface area contributed by atoms with Gasteiger partial charge in [0.1, 0.15) is 12.2 Å². The van der Waals surface area contributed by atoms with Crippen molar-refractivity contribution in [1.29, 1.82) is 0 Å². The summed E-state index contributed by atoms with van der Waals surface area (Å²) in [6.07, 6.45) is 5.04. The third-order valence-corrected chi connectivity index (χ3v) is 2.01. The van der Waals surface area contributed by atoms with Gasteiger partial charge in [-0.1, -0.05) is 5.21 Å². The van der Waals surface area contributed by atoms with Crippen LogP contribution in [0.15, 0.2) is 30.7 Å². The first-order valence-electron chi connectivity index (χ1n) is 4.67. The van der Waals surface area contributed by atoms with Crippen LogP contribution in [0.2, 0.25) is 0 Å². The SMILES string of the molecule is COC(=O)Cn1cc(-c2cccnc2)nn1. The molecule has 0 fully saturated rings. The van der Waals surface area contributed by atoms with Gasteiger partial charge in [-0.3, -0.25) is 9.78 Å². The lowest BCUT2D eigenvalue weighted by Crippen LogP contribution is -2.11. The predicted octanol–water partition coefficient (Wildman–Crippen LogP) is 0.513. The molecule has 0 aromatic carbocycles. The molecule has 0 spiro atoms. The van der Waals surface area contributed by atoms with E-state index >= 15 is 0 Å². The zero-order chi connectivity index (χ0) is 11.4. The van der Waals surface area contributed by atoms with Crippen molar-refractivity contribution >= 4 is 5.97 Å². The maximum atomic E-state index is 11.0. The Hall–Kier alpha value is -2.24. The van der Waals surface area contributed by atoms with Gasteiger partial charge in [0.15, 0.2) is 0 Å². The average molecular weight is 218 g/mol. The Kier molecular flexibility index (Phi) is 2.90. The number of hydrogen-bond acceptors (Lipinski definition) is 5. The van der Waals surface area contributed by atoms with Crippen LogP contribution >= 0.6 is 0 Å². The molecule has 0 aliphatic rings. The largest absolute Gasteiger partial charge is 0.468 e. The number of aromatic nitrogens is 4. The number of nitrogens with zero attached hydrogens (tertiary/aromatic N) is 4. The Morgan fingerprint density at radius 2 is 2.44 bits per heavy atom. The summed E-state index contributed by atoms with van der Waals surface area (Å²) in [6.45, 7) is 0.0593.